The zero-order valence-electron chi connectivity index (χ0n) is 23.6. The number of amides is 2. The fourth-order valence-corrected chi connectivity index (χ4v) is 4.86. The minimum atomic E-state index is -0.422. The molecule has 3 rings (SSSR count). The van der Waals surface area contributed by atoms with Crippen LogP contribution in [0.25, 0.3) is 5.57 Å². The first-order valence-corrected chi connectivity index (χ1v) is 13.8. The van der Waals surface area contributed by atoms with Gasteiger partial charge in [-0.3, -0.25) is 19.7 Å². The molecule has 1 aromatic heterocycles. The summed E-state index contributed by atoms with van der Waals surface area (Å²) < 4.78 is 5.46. The van der Waals surface area contributed by atoms with E-state index in [0.29, 0.717) is 44.2 Å². The van der Waals surface area contributed by atoms with Crippen LogP contribution in [-0.2, 0) is 9.53 Å². The van der Waals surface area contributed by atoms with Crippen LogP contribution in [0.15, 0.2) is 65.9 Å². The van der Waals surface area contributed by atoms with E-state index in [1.54, 1.807) is 30.7 Å². The number of hydrogen-bond acceptors (Lipinski definition) is 6. The molecule has 10 heteroatoms. The summed E-state index contributed by atoms with van der Waals surface area (Å²) >= 11 is 6.54. The van der Waals surface area contributed by atoms with Crippen LogP contribution in [0, 0.1) is 5.92 Å². The van der Waals surface area contributed by atoms with Crippen molar-refractivity contribution in [1.82, 2.24) is 25.4 Å². The Morgan fingerprint density at radius 1 is 1.20 bits per heavy atom. The number of ether oxygens (including phenoxy) is 1. The first kappa shape index (κ1) is 30.8. The van der Waals surface area contributed by atoms with Crippen LogP contribution in [0.2, 0.25) is 5.02 Å². The molecule has 40 heavy (non-hydrogen) atoms. The Bertz CT molecular complexity index is 1190. The van der Waals surface area contributed by atoms with Crippen LogP contribution in [0.4, 0.5) is 4.79 Å². The molecule has 0 saturated carbocycles. The number of pyridine rings is 1. The number of carbonyl (C=O) groups is 2. The maximum Gasteiger partial charge on any atom is 0.409 e. The van der Waals surface area contributed by atoms with E-state index >= 15 is 0 Å². The number of nitrogens with zero attached hydrogens (tertiary/aromatic N) is 4. The van der Waals surface area contributed by atoms with E-state index in [1.807, 2.05) is 69.3 Å². The van der Waals surface area contributed by atoms with Gasteiger partial charge in [0.05, 0.1) is 30.7 Å². The third-order valence-electron chi connectivity index (χ3n) is 6.55. The van der Waals surface area contributed by atoms with Crippen molar-refractivity contribution >= 4 is 36.0 Å². The predicted octanol–water partition coefficient (Wildman–Crippen LogP) is 4.51. The topological polar surface area (TPSA) is 99.2 Å². The van der Waals surface area contributed by atoms with Crippen molar-refractivity contribution in [2.24, 2.45) is 10.9 Å². The number of aromatic nitrogens is 1. The summed E-state index contributed by atoms with van der Waals surface area (Å²) in [5.41, 5.74) is 3.67. The summed E-state index contributed by atoms with van der Waals surface area (Å²) in [6.07, 6.45) is 9.32. The molecule has 2 heterocycles. The lowest BCUT2D eigenvalue weighted by Gasteiger charge is -2.39. The second-order valence-corrected chi connectivity index (χ2v) is 10.2. The van der Waals surface area contributed by atoms with Crippen molar-refractivity contribution in [2.75, 3.05) is 39.8 Å². The van der Waals surface area contributed by atoms with Crippen LogP contribution in [0.5, 0.6) is 0 Å². The summed E-state index contributed by atoms with van der Waals surface area (Å²) in [5, 5.41) is 6.45. The lowest BCUT2D eigenvalue weighted by molar-refractivity contribution is -0.109. The molecule has 0 aliphatic carbocycles. The Morgan fingerprint density at radius 2 is 1.98 bits per heavy atom. The molecule has 214 valence electrons. The Labute approximate surface area is 242 Å². The number of nitrogens with one attached hydrogen (secondary N) is 2. The number of carbonyl (C=O) groups excluding carboxylic acids is 2. The molecule has 0 bridgehead atoms. The Balaban J connectivity index is 1.99. The quantitative estimate of drug-likeness (QED) is 0.223. The van der Waals surface area contributed by atoms with Gasteiger partial charge in [-0.25, -0.2) is 4.79 Å². The number of allylic oxidation sites excluding steroid dienone is 1. The van der Waals surface area contributed by atoms with Crippen molar-refractivity contribution < 1.29 is 14.3 Å². The van der Waals surface area contributed by atoms with E-state index in [9.17, 15) is 9.59 Å². The van der Waals surface area contributed by atoms with E-state index in [-0.39, 0.29) is 18.1 Å². The van der Waals surface area contributed by atoms with Crippen molar-refractivity contribution in [3.63, 3.8) is 0 Å². The fraction of sp³-hybridized carbons (Fsp3) is 0.400. The molecule has 1 aliphatic rings. The number of benzene rings is 1. The van der Waals surface area contributed by atoms with Gasteiger partial charge in [-0.15, -0.1) is 0 Å². The van der Waals surface area contributed by atoms with Crippen molar-refractivity contribution in [1.29, 1.82) is 0 Å². The predicted molar refractivity (Wildman–Crippen MR) is 160 cm³/mol. The zero-order chi connectivity index (χ0) is 28.9. The van der Waals surface area contributed by atoms with Gasteiger partial charge in [-0.1, -0.05) is 43.7 Å². The van der Waals surface area contributed by atoms with Gasteiger partial charge in [0.2, 0.25) is 6.41 Å². The molecule has 1 saturated heterocycles. The molecule has 1 aromatic carbocycles. The van der Waals surface area contributed by atoms with Crippen molar-refractivity contribution in [3.05, 3.63) is 82.8 Å². The maximum atomic E-state index is 12.6. The van der Waals surface area contributed by atoms with Gasteiger partial charge < -0.3 is 20.3 Å². The van der Waals surface area contributed by atoms with Crippen LogP contribution in [0.1, 0.15) is 43.6 Å². The maximum absolute atomic E-state index is 12.6. The Morgan fingerprint density at radius 3 is 2.60 bits per heavy atom. The van der Waals surface area contributed by atoms with Crippen LogP contribution >= 0.6 is 11.6 Å². The largest absolute Gasteiger partial charge is 0.449 e. The van der Waals surface area contributed by atoms with Crippen molar-refractivity contribution in [3.8, 4) is 0 Å². The molecule has 1 aliphatic heterocycles. The first-order valence-electron chi connectivity index (χ1n) is 13.4. The fourth-order valence-electron chi connectivity index (χ4n) is 4.68. The van der Waals surface area contributed by atoms with E-state index < -0.39 is 6.04 Å². The van der Waals surface area contributed by atoms with Gasteiger partial charge in [0.15, 0.2) is 0 Å². The van der Waals surface area contributed by atoms with Gasteiger partial charge in [0, 0.05) is 50.6 Å². The van der Waals surface area contributed by atoms with E-state index in [2.05, 4.69) is 20.5 Å². The SMILES string of the molecule is C/C=C(\c1cc(Cl)ccc1[C@@H](c1ccccn1)N1CCN(C(=O)OCC(C)C)CC1)[C@H](/C=C/NC=NC)NC=O. The average molecular weight is 567 g/mol. The molecule has 0 spiro atoms. The molecule has 1 fully saturated rings. The third kappa shape index (κ3) is 8.40. The highest BCUT2D eigenvalue weighted by atomic mass is 35.5. The number of aliphatic imine (C=N–C) groups is 1. The van der Waals surface area contributed by atoms with Gasteiger partial charge in [0.25, 0.3) is 0 Å². The Kier molecular flexibility index (Phi) is 12.2. The van der Waals surface area contributed by atoms with Gasteiger partial charge in [0.1, 0.15) is 0 Å². The highest BCUT2D eigenvalue weighted by molar-refractivity contribution is 6.30. The summed E-state index contributed by atoms with van der Waals surface area (Å²) in [7, 11) is 1.67. The lowest BCUT2D eigenvalue weighted by atomic mass is 9.88. The lowest BCUT2D eigenvalue weighted by Crippen LogP contribution is -2.50. The highest BCUT2D eigenvalue weighted by Crippen LogP contribution is 2.36. The van der Waals surface area contributed by atoms with Gasteiger partial charge >= 0.3 is 6.09 Å². The zero-order valence-corrected chi connectivity index (χ0v) is 24.3. The molecule has 0 unspecified atom stereocenters. The van der Waals surface area contributed by atoms with Gasteiger partial charge in [-0.2, -0.15) is 0 Å². The number of halogens is 1. The second-order valence-electron chi connectivity index (χ2n) is 9.80. The van der Waals surface area contributed by atoms with E-state index in [4.69, 9.17) is 21.3 Å². The summed E-state index contributed by atoms with van der Waals surface area (Å²) in [4.78, 5) is 36.9. The van der Waals surface area contributed by atoms with Crippen LogP contribution in [-0.4, -0.2) is 79.5 Å². The second kappa shape index (κ2) is 15.8. The van der Waals surface area contributed by atoms with Crippen LogP contribution in [0.3, 0.4) is 0 Å². The Hall–Kier alpha value is -3.69. The highest BCUT2D eigenvalue weighted by Gasteiger charge is 2.32. The molecule has 2 aromatic rings. The average Bonchev–Trinajstić information content (AvgIpc) is 2.96. The molecular weight excluding hydrogens is 528 g/mol. The molecular formula is C30H39ClN6O3. The first-order chi connectivity index (χ1) is 19.4. The normalized spacial score (nSPS) is 16.4. The number of hydrogen-bond donors (Lipinski definition) is 2. The van der Waals surface area contributed by atoms with E-state index in [1.165, 1.54) is 0 Å². The van der Waals surface area contributed by atoms with E-state index in [0.717, 1.165) is 22.4 Å². The molecule has 2 amide bonds. The summed E-state index contributed by atoms with van der Waals surface area (Å²) in [6, 6.07) is 11.1. The third-order valence-corrected chi connectivity index (χ3v) is 6.78. The standard InChI is InChI=1S/C30H39ClN6O3/c1-5-24(27(35-21-38)11-13-33-20-32-4)26-18-23(31)9-10-25(26)29(28-8-6-7-12-34-28)36-14-16-37(17-15-36)30(39)40-19-22(2)3/h5-13,18,20-22,27,29H,14-17,19H2,1-4H3,(H,32,33)(H,35,38)/b13-11+,24-5+/t27-,29-/m0/s1. The number of piperazine rings is 1. The summed E-state index contributed by atoms with van der Waals surface area (Å²) in [5.74, 6) is 0.283. The summed E-state index contributed by atoms with van der Waals surface area (Å²) in [6.45, 7) is 8.75. The minimum absolute atomic E-state index is 0.205. The van der Waals surface area contributed by atoms with Crippen molar-refractivity contribution in [2.45, 2.75) is 32.9 Å². The minimum Gasteiger partial charge on any atom is -0.449 e. The monoisotopic (exact) mass is 566 g/mol. The molecule has 9 nitrogen and oxygen atoms in total. The number of rotatable bonds is 12. The molecule has 2 atom stereocenters. The van der Waals surface area contributed by atoms with Gasteiger partial charge in [-0.05, 0) is 59.9 Å². The molecule has 2 N–H and O–H groups in total. The smallest absolute Gasteiger partial charge is 0.409 e. The molecule has 0 radical (unpaired) electrons. The van der Waals surface area contributed by atoms with Crippen LogP contribution < -0.4 is 10.6 Å².